The molecule has 1 nitrogen and oxygen atoms in total. The van der Waals surface area contributed by atoms with Crippen LogP contribution in [0, 0.1) is 5.92 Å². The van der Waals surface area contributed by atoms with Gasteiger partial charge in [0, 0.05) is 18.4 Å². The summed E-state index contributed by atoms with van der Waals surface area (Å²) in [7, 11) is 0. The van der Waals surface area contributed by atoms with Crippen LogP contribution < -0.4 is 0 Å². The number of ether oxygens (including phenoxy) is 1. The minimum absolute atomic E-state index is 0.137. The molecule has 2 atom stereocenters. The van der Waals surface area contributed by atoms with Gasteiger partial charge in [-0.25, -0.2) is 8.78 Å². The Labute approximate surface area is 69.7 Å². The summed E-state index contributed by atoms with van der Waals surface area (Å²) in [6, 6.07) is 0. The van der Waals surface area contributed by atoms with E-state index in [1.807, 2.05) is 6.92 Å². The predicted octanol–water partition coefficient (Wildman–Crippen LogP) is 2.50. The molecule has 0 aromatic rings. The van der Waals surface area contributed by atoms with Crippen LogP contribution in [0.4, 0.5) is 8.78 Å². The van der Waals surface area contributed by atoms with Crippen molar-refractivity contribution in [3.05, 3.63) is 23.8 Å². The molecule has 0 radical (unpaired) electrons. The molecule has 0 bridgehead atoms. The fourth-order valence-electron chi connectivity index (χ4n) is 1.44. The Bertz CT molecular complexity index is 264. The maximum absolute atomic E-state index is 12.8. The van der Waals surface area contributed by atoms with Crippen molar-refractivity contribution in [2.45, 2.75) is 18.9 Å². The third-order valence-corrected chi connectivity index (χ3v) is 2.45. The summed E-state index contributed by atoms with van der Waals surface area (Å²) in [5.74, 6) is -1.01. The first-order valence-electron chi connectivity index (χ1n) is 3.97. The molecule has 1 saturated heterocycles. The zero-order valence-corrected chi connectivity index (χ0v) is 6.81. The first-order valence-corrected chi connectivity index (χ1v) is 3.97. The largest absolute Gasteiger partial charge is 0.369 e. The Balaban J connectivity index is 2.16. The molecular formula is C9H10F2O. The minimum Gasteiger partial charge on any atom is -0.369 e. The summed E-state index contributed by atoms with van der Waals surface area (Å²) in [4.78, 5) is 0. The molecule has 2 rings (SSSR count). The van der Waals surface area contributed by atoms with Crippen molar-refractivity contribution in [2.75, 3.05) is 6.61 Å². The van der Waals surface area contributed by atoms with E-state index in [2.05, 4.69) is 0 Å². The van der Waals surface area contributed by atoms with Crippen LogP contribution in [0.5, 0.6) is 0 Å². The van der Waals surface area contributed by atoms with Crippen LogP contribution in [0.25, 0.3) is 0 Å². The van der Waals surface area contributed by atoms with Crippen molar-refractivity contribution in [1.82, 2.24) is 0 Å². The number of allylic oxidation sites excluding steroid dienone is 3. The number of halogens is 2. The van der Waals surface area contributed by atoms with Crippen LogP contribution in [0.1, 0.15) is 13.3 Å². The lowest BCUT2D eigenvalue weighted by Gasteiger charge is -2.18. The molecule has 0 N–H and O–H groups in total. The summed E-state index contributed by atoms with van der Waals surface area (Å²) >= 11 is 0. The highest BCUT2D eigenvalue weighted by Crippen LogP contribution is 2.41. The van der Waals surface area contributed by atoms with Crippen LogP contribution in [-0.4, -0.2) is 12.2 Å². The van der Waals surface area contributed by atoms with Crippen molar-refractivity contribution in [3.63, 3.8) is 0 Å². The Morgan fingerprint density at radius 1 is 1.58 bits per heavy atom. The van der Waals surface area contributed by atoms with Crippen molar-refractivity contribution in [3.8, 4) is 0 Å². The molecular weight excluding hydrogens is 162 g/mol. The zero-order valence-electron chi connectivity index (χ0n) is 6.81. The van der Waals surface area contributed by atoms with Crippen molar-refractivity contribution >= 4 is 0 Å². The van der Waals surface area contributed by atoms with E-state index in [9.17, 15) is 8.78 Å². The van der Waals surface area contributed by atoms with Gasteiger partial charge in [0.25, 0.3) is 0 Å². The Hall–Kier alpha value is -0.700. The predicted molar refractivity (Wildman–Crippen MR) is 40.8 cm³/mol. The van der Waals surface area contributed by atoms with Gasteiger partial charge < -0.3 is 4.74 Å². The average molecular weight is 172 g/mol. The standard InChI is InChI=1S/C9H10F2O/c1-9(5-12-9)6-2-7(10)4-8(11)3-6/h2,4,6H,3,5H2,1H3/t6?,9-/m1/s1. The summed E-state index contributed by atoms with van der Waals surface area (Å²) in [6.07, 6.45) is 2.64. The van der Waals surface area contributed by atoms with E-state index in [0.717, 1.165) is 6.08 Å². The second kappa shape index (κ2) is 2.39. The summed E-state index contributed by atoms with van der Waals surface area (Å²) < 4.78 is 30.6. The van der Waals surface area contributed by atoms with Crippen LogP contribution in [0.2, 0.25) is 0 Å². The number of hydrogen-bond acceptors (Lipinski definition) is 1. The minimum atomic E-state index is -0.486. The third kappa shape index (κ3) is 1.29. The van der Waals surface area contributed by atoms with Gasteiger partial charge >= 0.3 is 0 Å². The highest BCUT2D eigenvalue weighted by molar-refractivity contribution is 5.24. The van der Waals surface area contributed by atoms with Crippen molar-refractivity contribution in [1.29, 1.82) is 0 Å². The van der Waals surface area contributed by atoms with Gasteiger partial charge in [-0.15, -0.1) is 0 Å². The Morgan fingerprint density at radius 3 is 2.75 bits per heavy atom. The normalized spacial score (nSPS) is 40.4. The van der Waals surface area contributed by atoms with E-state index in [1.54, 1.807) is 0 Å². The molecule has 0 aromatic heterocycles. The van der Waals surface area contributed by atoms with E-state index in [4.69, 9.17) is 4.74 Å². The number of epoxide rings is 1. The molecule has 1 aliphatic carbocycles. The monoisotopic (exact) mass is 172 g/mol. The SMILES string of the molecule is C[C@]1(C2C=C(F)C=C(F)C2)CO1. The molecule has 0 spiro atoms. The third-order valence-electron chi connectivity index (χ3n) is 2.45. The quantitative estimate of drug-likeness (QED) is 0.553. The van der Waals surface area contributed by atoms with Gasteiger partial charge in [0.2, 0.25) is 0 Å². The van der Waals surface area contributed by atoms with Crippen LogP contribution in [-0.2, 0) is 4.74 Å². The topological polar surface area (TPSA) is 12.5 Å². The average Bonchev–Trinajstić information content (AvgIpc) is 2.67. The number of hydrogen-bond donors (Lipinski definition) is 0. The van der Waals surface area contributed by atoms with Gasteiger partial charge in [0.1, 0.15) is 11.7 Å². The van der Waals surface area contributed by atoms with Crippen LogP contribution in [0.15, 0.2) is 23.8 Å². The molecule has 3 heteroatoms. The van der Waals surface area contributed by atoms with E-state index in [-0.39, 0.29) is 17.9 Å². The fraction of sp³-hybridized carbons (Fsp3) is 0.556. The fourth-order valence-corrected chi connectivity index (χ4v) is 1.44. The maximum atomic E-state index is 12.8. The van der Waals surface area contributed by atoms with Gasteiger partial charge in [0.15, 0.2) is 0 Å². The van der Waals surface area contributed by atoms with Crippen molar-refractivity contribution < 1.29 is 13.5 Å². The molecule has 1 heterocycles. The second-order valence-electron chi connectivity index (χ2n) is 3.55. The van der Waals surface area contributed by atoms with Gasteiger partial charge in [0.05, 0.1) is 12.2 Å². The molecule has 0 aromatic carbocycles. The first kappa shape index (κ1) is 7.92. The summed E-state index contributed by atoms with van der Waals surface area (Å²) in [6.45, 7) is 2.48. The van der Waals surface area contributed by atoms with Gasteiger partial charge in [-0.3, -0.25) is 0 Å². The summed E-state index contributed by atoms with van der Waals surface area (Å²) in [5.41, 5.74) is -0.317. The molecule has 0 amide bonds. The van der Waals surface area contributed by atoms with Crippen LogP contribution in [0.3, 0.4) is 0 Å². The highest BCUT2D eigenvalue weighted by atomic mass is 19.1. The molecule has 1 unspecified atom stereocenters. The molecule has 1 fully saturated rings. The Kier molecular flexibility index (Phi) is 1.58. The Morgan fingerprint density at radius 2 is 2.25 bits per heavy atom. The van der Waals surface area contributed by atoms with Gasteiger partial charge in [-0.2, -0.15) is 0 Å². The maximum Gasteiger partial charge on any atom is 0.122 e. The lowest BCUT2D eigenvalue weighted by atomic mass is 9.88. The van der Waals surface area contributed by atoms with E-state index in [1.165, 1.54) is 6.08 Å². The first-order chi connectivity index (χ1) is 5.60. The number of rotatable bonds is 1. The van der Waals surface area contributed by atoms with Gasteiger partial charge in [-0.1, -0.05) is 0 Å². The van der Waals surface area contributed by atoms with Gasteiger partial charge in [-0.05, 0) is 13.0 Å². The molecule has 1 aliphatic heterocycles. The van der Waals surface area contributed by atoms with Crippen LogP contribution >= 0.6 is 0 Å². The van der Waals surface area contributed by atoms with E-state index >= 15 is 0 Å². The molecule has 0 saturated carbocycles. The zero-order chi connectivity index (χ0) is 8.77. The van der Waals surface area contributed by atoms with E-state index < -0.39 is 11.7 Å². The highest BCUT2D eigenvalue weighted by Gasteiger charge is 2.47. The molecule has 66 valence electrons. The smallest absolute Gasteiger partial charge is 0.122 e. The molecule has 2 aliphatic rings. The van der Waals surface area contributed by atoms with Crippen molar-refractivity contribution in [2.24, 2.45) is 5.92 Å². The molecule has 12 heavy (non-hydrogen) atoms. The lowest BCUT2D eigenvalue weighted by Crippen LogP contribution is -2.20. The van der Waals surface area contributed by atoms with E-state index in [0.29, 0.717) is 6.61 Å². The lowest BCUT2D eigenvalue weighted by molar-refractivity contribution is 0.253. The summed E-state index contributed by atoms with van der Waals surface area (Å²) in [5, 5.41) is 0. The second-order valence-corrected chi connectivity index (χ2v) is 3.55.